The molecule has 29 heavy (non-hydrogen) atoms. The van der Waals surface area contributed by atoms with Gasteiger partial charge in [-0.1, -0.05) is 54.6 Å². The number of rotatable bonds is 7. The van der Waals surface area contributed by atoms with Crippen LogP contribution >= 0.6 is 0 Å². The van der Waals surface area contributed by atoms with E-state index in [1.165, 1.54) is 0 Å². The van der Waals surface area contributed by atoms with E-state index >= 15 is 0 Å². The molecule has 0 saturated carbocycles. The quantitative estimate of drug-likeness (QED) is 0.613. The summed E-state index contributed by atoms with van der Waals surface area (Å²) in [4.78, 5) is 12.9. The molecule has 0 radical (unpaired) electrons. The summed E-state index contributed by atoms with van der Waals surface area (Å²) >= 11 is 0. The molecule has 0 unspecified atom stereocenters. The van der Waals surface area contributed by atoms with E-state index in [0.717, 1.165) is 16.7 Å². The lowest BCUT2D eigenvalue weighted by Crippen LogP contribution is -2.29. The largest absolute Gasteiger partial charge is 0.341 e. The molecular formula is C23H24N2O3S. The van der Waals surface area contributed by atoms with Crippen molar-refractivity contribution in [2.45, 2.75) is 19.9 Å². The molecule has 0 aliphatic heterocycles. The highest BCUT2D eigenvalue weighted by Gasteiger charge is 2.19. The van der Waals surface area contributed by atoms with Crippen LogP contribution in [0.3, 0.4) is 0 Å². The summed E-state index contributed by atoms with van der Waals surface area (Å²) in [5.41, 5.74) is 3.99. The van der Waals surface area contributed by atoms with Gasteiger partial charge in [-0.25, -0.2) is 8.42 Å². The predicted octanol–water partition coefficient (Wildman–Crippen LogP) is 4.28. The van der Waals surface area contributed by atoms with Crippen LogP contribution in [0.2, 0.25) is 0 Å². The number of sulfonamides is 1. The van der Waals surface area contributed by atoms with E-state index in [0.29, 0.717) is 11.3 Å². The summed E-state index contributed by atoms with van der Waals surface area (Å²) < 4.78 is 25.9. The first kappa shape index (κ1) is 20.6. The Morgan fingerprint density at radius 3 is 2.14 bits per heavy atom. The van der Waals surface area contributed by atoms with Crippen molar-refractivity contribution in [1.29, 1.82) is 0 Å². The number of benzene rings is 3. The zero-order valence-electron chi connectivity index (χ0n) is 16.4. The average Bonchev–Trinajstić information content (AvgIpc) is 2.73. The smallest absolute Gasteiger partial charge is 0.252 e. The van der Waals surface area contributed by atoms with Gasteiger partial charge in [-0.2, -0.15) is 0 Å². The van der Waals surface area contributed by atoms with Crippen molar-refractivity contribution in [3.05, 3.63) is 101 Å². The number of carbonyl (C=O) groups is 1. The number of carbonyl (C=O) groups excluding carboxylic acids is 1. The molecule has 0 bridgehead atoms. The van der Waals surface area contributed by atoms with Crippen molar-refractivity contribution in [2.24, 2.45) is 0 Å². The highest BCUT2D eigenvalue weighted by Crippen LogP contribution is 2.25. The van der Waals surface area contributed by atoms with Gasteiger partial charge in [-0.05, 0) is 54.8 Å². The van der Waals surface area contributed by atoms with Crippen LogP contribution < -0.4 is 10.0 Å². The molecule has 150 valence electrons. The van der Waals surface area contributed by atoms with Crippen LogP contribution in [0, 0.1) is 6.92 Å². The minimum absolute atomic E-state index is 0.00950. The van der Waals surface area contributed by atoms with Gasteiger partial charge in [0, 0.05) is 11.3 Å². The van der Waals surface area contributed by atoms with Crippen LogP contribution in [0.4, 0.5) is 5.69 Å². The monoisotopic (exact) mass is 408 g/mol. The first-order valence-electron chi connectivity index (χ1n) is 9.41. The summed E-state index contributed by atoms with van der Waals surface area (Å²) in [6.07, 6.45) is 0. The highest BCUT2D eigenvalue weighted by atomic mass is 32.2. The van der Waals surface area contributed by atoms with Crippen molar-refractivity contribution in [3.63, 3.8) is 0 Å². The Hall–Kier alpha value is -3.12. The summed E-state index contributed by atoms with van der Waals surface area (Å²) in [6, 6.07) is 23.9. The first-order valence-corrected chi connectivity index (χ1v) is 11.1. The zero-order valence-corrected chi connectivity index (χ0v) is 17.2. The van der Waals surface area contributed by atoms with Gasteiger partial charge in [0.15, 0.2) is 0 Å². The Kier molecular flexibility index (Phi) is 6.34. The van der Waals surface area contributed by atoms with E-state index in [2.05, 4.69) is 10.0 Å². The Bertz CT molecular complexity index is 1080. The minimum atomic E-state index is -3.35. The van der Waals surface area contributed by atoms with E-state index in [-0.39, 0.29) is 17.7 Å². The van der Waals surface area contributed by atoms with Gasteiger partial charge >= 0.3 is 0 Å². The number of anilines is 1. The molecule has 0 spiro atoms. The lowest BCUT2D eigenvalue weighted by molar-refractivity contribution is 0.0943. The average molecular weight is 409 g/mol. The summed E-state index contributed by atoms with van der Waals surface area (Å²) in [5, 5.41) is 3.11. The SMILES string of the molecule is CCS(=O)(=O)Nc1ccc(C(=O)N[C@@H](c2ccccc2)c2ccccc2C)cc1. The van der Waals surface area contributed by atoms with Crippen LogP contribution in [-0.2, 0) is 10.0 Å². The van der Waals surface area contributed by atoms with Gasteiger partial charge in [0.2, 0.25) is 10.0 Å². The molecule has 3 aromatic carbocycles. The molecule has 2 N–H and O–H groups in total. The predicted molar refractivity (Wildman–Crippen MR) is 116 cm³/mol. The fraction of sp³-hybridized carbons (Fsp3) is 0.174. The van der Waals surface area contributed by atoms with Crippen LogP contribution in [0.15, 0.2) is 78.9 Å². The Balaban J connectivity index is 1.85. The van der Waals surface area contributed by atoms with Gasteiger partial charge in [0.1, 0.15) is 0 Å². The molecule has 1 amide bonds. The lowest BCUT2D eigenvalue weighted by Gasteiger charge is -2.22. The van der Waals surface area contributed by atoms with E-state index in [4.69, 9.17) is 0 Å². The van der Waals surface area contributed by atoms with Crippen molar-refractivity contribution in [2.75, 3.05) is 10.5 Å². The topological polar surface area (TPSA) is 75.3 Å². The van der Waals surface area contributed by atoms with Gasteiger partial charge < -0.3 is 5.32 Å². The Morgan fingerprint density at radius 2 is 1.52 bits per heavy atom. The molecule has 0 fully saturated rings. The zero-order chi connectivity index (χ0) is 20.9. The highest BCUT2D eigenvalue weighted by molar-refractivity contribution is 7.92. The Labute approximate surface area is 171 Å². The second kappa shape index (κ2) is 8.92. The maximum Gasteiger partial charge on any atom is 0.252 e. The molecule has 6 heteroatoms. The van der Waals surface area contributed by atoms with Gasteiger partial charge in [-0.15, -0.1) is 0 Å². The molecule has 3 aromatic rings. The lowest BCUT2D eigenvalue weighted by atomic mass is 9.94. The number of nitrogens with one attached hydrogen (secondary N) is 2. The minimum Gasteiger partial charge on any atom is -0.341 e. The van der Waals surface area contributed by atoms with E-state index in [1.54, 1.807) is 31.2 Å². The summed E-state index contributed by atoms with van der Waals surface area (Å²) in [6.45, 7) is 3.59. The van der Waals surface area contributed by atoms with Crippen LogP contribution in [-0.4, -0.2) is 20.1 Å². The van der Waals surface area contributed by atoms with Crippen LogP contribution in [0.25, 0.3) is 0 Å². The third kappa shape index (κ3) is 5.23. The van der Waals surface area contributed by atoms with Crippen LogP contribution in [0.1, 0.15) is 40.0 Å². The molecule has 5 nitrogen and oxygen atoms in total. The van der Waals surface area contributed by atoms with Crippen molar-refractivity contribution >= 4 is 21.6 Å². The molecule has 0 aliphatic rings. The van der Waals surface area contributed by atoms with Crippen molar-refractivity contribution in [3.8, 4) is 0 Å². The molecule has 1 atom stereocenters. The maximum atomic E-state index is 12.9. The normalized spacial score (nSPS) is 12.2. The molecular weight excluding hydrogens is 384 g/mol. The van der Waals surface area contributed by atoms with E-state index in [1.807, 2.05) is 61.5 Å². The van der Waals surface area contributed by atoms with Crippen molar-refractivity contribution in [1.82, 2.24) is 5.32 Å². The second-order valence-electron chi connectivity index (χ2n) is 6.76. The van der Waals surface area contributed by atoms with Crippen molar-refractivity contribution < 1.29 is 13.2 Å². The molecule has 3 rings (SSSR count). The van der Waals surface area contributed by atoms with E-state index < -0.39 is 10.0 Å². The summed E-state index contributed by atoms with van der Waals surface area (Å²) in [7, 11) is -3.35. The van der Waals surface area contributed by atoms with E-state index in [9.17, 15) is 13.2 Å². The first-order chi connectivity index (χ1) is 13.9. The molecule has 0 heterocycles. The Morgan fingerprint density at radius 1 is 0.897 bits per heavy atom. The van der Waals surface area contributed by atoms with Gasteiger partial charge in [0.25, 0.3) is 5.91 Å². The fourth-order valence-corrected chi connectivity index (χ4v) is 3.69. The van der Waals surface area contributed by atoms with Gasteiger partial charge in [0.05, 0.1) is 11.8 Å². The third-order valence-corrected chi connectivity index (χ3v) is 6.02. The molecule has 0 aromatic heterocycles. The number of amides is 1. The number of hydrogen-bond acceptors (Lipinski definition) is 3. The van der Waals surface area contributed by atoms with Crippen LogP contribution in [0.5, 0.6) is 0 Å². The number of hydrogen-bond donors (Lipinski definition) is 2. The fourth-order valence-electron chi connectivity index (χ4n) is 3.05. The third-order valence-electron chi connectivity index (χ3n) is 4.71. The molecule has 0 aliphatic carbocycles. The number of aryl methyl sites for hydroxylation is 1. The van der Waals surface area contributed by atoms with Gasteiger partial charge in [-0.3, -0.25) is 9.52 Å². The maximum absolute atomic E-state index is 12.9. The standard InChI is InChI=1S/C23H24N2O3S/c1-3-29(27,28)25-20-15-13-19(14-16-20)23(26)24-22(18-10-5-4-6-11-18)21-12-8-7-9-17(21)2/h4-16,22,25H,3H2,1-2H3,(H,24,26)/t22-/m0/s1. The summed E-state index contributed by atoms with van der Waals surface area (Å²) in [5.74, 6) is -0.239. The second-order valence-corrected chi connectivity index (χ2v) is 8.77. The molecule has 0 saturated heterocycles.